The number of aromatic nitrogens is 2. The van der Waals surface area contributed by atoms with Gasteiger partial charge in [0.25, 0.3) is 0 Å². The molecule has 0 atom stereocenters. The Hall–Kier alpha value is -2.43. The third-order valence-corrected chi connectivity index (χ3v) is 3.96. The predicted molar refractivity (Wildman–Crippen MR) is 91.9 cm³/mol. The third kappa shape index (κ3) is 3.33. The van der Waals surface area contributed by atoms with Crippen molar-refractivity contribution >= 4 is 23.2 Å². The minimum absolute atomic E-state index is 0.0668. The lowest BCUT2D eigenvalue weighted by Crippen LogP contribution is -2.28. The molecule has 0 radical (unpaired) electrons. The van der Waals surface area contributed by atoms with E-state index in [1.165, 1.54) is 11.3 Å². The minimum atomic E-state index is -0.452. The first-order chi connectivity index (χ1) is 10.9. The van der Waals surface area contributed by atoms with Crippen LogP contribution in [0.15, 0.2) is 36.4 Å². The quantitative estimate of drug-likeness (QED) is 0.921. The van der Waals surface area contributed by atoms with Crippen molar-refractivity contribution in [3.63, 3.8) is 0 Å². The van der Waals surface area contributed by atoms with Gasteiger partial charge in [-0.05, 0) is 36.6 Å². The number of hydrogen-bond donors (Lipinski definition) is 1. The Kier molecular flexibility index (Phi) is 4.03. The van der Waals surface area contributed by atoms with Crippen molar-refractivity contribution in [1.29, 1.82) is 0 Å². The van der Waals surface area contributed by atoms with Crippen molar-refractivity contribution in [3.05, 3.63) is 42.0 Å². The van der Waals surface area contributed by atoms with Crippen molar-refractivity contribution < 1.29 is 4.79 Å². The number of rotatable bonds is 2. The van der Waals surface area contributed by atoms with Gasteiger partial charge in [-0.1, -0.05) is 39.0 Å². The molecule has 0 spiro atoms. The van der Waals surface area contributed by atoms with E-state index in [1.54, 1.807) is 0 Å². The van der Waals surface area contributed by atoms with E-state index >= 15 is 0 Å². The fourth-order valence-corrected chi connectivity index (χ4v) is 2.61. The summed E-state index contributed by atoms with van der Waals surface area (Å²) in [6, 6.07) is 12.1. The number of hydrogen-bond acceptors (Lipinski definition) is 4. The van der Waals surface area contributed by atoms with Crippen LogP contribution in [-0.4, -0.2) is 22.6 Å². The van der Waals surface area contributed by atoms with E-state index in [2.05, 4.69) is 38.6 Å². The number of fused-ring (bicyclic) bond motifs is 1. The molecule has 2 aromatic rings. The average molecular weight is 310 g/mol. The number of anilines is 3. The summed E-state index contributed by atoms with van der Waals surface area (Å²) in [6.07, 6.45) is 2.20. The number of nitrogens with zero attached hydrogens (tertiary/aromatic N) is 3. The van der Waals surface area contributed by atoms with Crippen LogP contribution in [0.5, 0.6) is 0 Å². The molecule has 0 bridgehead atoms. The van der Waals surface area contributed by atoms with Gasteiger partial charge in [0.15, 0.2) is 11.6 Å². The van der Waals surface area contributed by atoms with Crippen LogP contribution in [0.2, 0.25) is 0 Å². The van der Waals surface area contributed by atoms with E-state index in [0.717, 1.165) is 25.2 Å². The highest BCUT2D eigenvalue weighted by Crippen LogP contribution is 2.32. The monoisotopic (exact) mass is 310 g/mol. The van der Waals surface area contributed by atoms with Crippen LogP contribution in [0.1, 0.15) is 32.8 Å². The van der Waals surface area contributed by atoms with Crippen molar-refractivity contribution in [2.24, 2.45) is 5.41 Å². The van der Waals surface area contributed by atoms with Crippen LogP contribution >= 0.6 is 0 Å². The lowest BCUT2D eigenvalue weighted by atomic mass is 9.96. The van der Waals surface area contributed by atoms with E-state index in [1.807, 2.05) is 39.0 Å². The van der Waals surface area contributed by atoms with E-state index in [0.29, 0.717) is 5.82 Å². The maximum atomic E-state index is 12.0. The number of para-hydroxylation sites is 1. The van der Waals surface area contributed by atoms with E-state index in [4.69, 9.17) is 0 Å². The second-order valence-electron chi connectivity index (χ2n) is 6.86. The summed E-state index contributed by atoms with van der Waals surface area (Å²) in [5.74, 6) is 1.23. The van der Waals surface area contributed by atoms with Gasteiger partial charge in [0.1, 0.15) is 0 Å². The molecule has 1 aliphatic heterocycles. The fourth-order valence-electron chi connectivity index (χ4n) is 2.61. The molecule has 1 aromatic heterocycles. The summed E-state index contributed by atoms with van der Waals surface area (Å²) >= 11 is 0. The number of benzene rings is 1. The highest BCUT2D eigenvalue weighted by molar-refractivity contribution is 5.93. The van der Waals surface area contributed by atoms with Gasteiger partial charge < -0.3 is 10.2 Å². The van der Waals surface area contributed by atoms with Crippen molar-refractivity contribution in [3.8, 4) is 0 Å². The first kappa shape index (κ1) is 15.5. The molecule has 0 saturated heterocycles. The molecule has 0 fully saturated rings. The van der Waals surface area contributed by atoms with Crippen LogP contribution in [0.4, 0.5) is 17.3 Å². The van der Waals surface area contributed by atoms with Crippen molar-refractivity contribution in [1.82, 2.24) is 10.2 Å². The van der Waals surface area contributed by atoms with Crippen molar-refractivity contribution in [2.45, 2.75) is 33.6 Å². The fraction of sp³-hybridized carbons (Fsp3) is 0.389. The molecule has 2 heterocycles. The minimum Gasteiger partial charge on any atom is -0.325 e. The molecule has 1 N–H and O–H groups in total. The number of aryl methyl sites for hydroxylation is 1. The molecule has 1 amide bonds. The Labute approximate surface area is 136 Å². The van der Waals surface area contributed by atoms with Crippen LogP contribution in [0, 0.1) is 5.41 Å². The molecular weight excluding hydrogens is 288 g/mol. The Balaban J connectivity index is 1.80. The zero-order valence-electron chi connectivity index (χ0n) is 13.8. The Bertz CT molecular complexity index is 704. The summed E-state index contributed by atoms with van der Waals surface area (Å²) in [5, 5.41) is 11.3. The second-order valence-corrected chi connectivity index (χ2v) is 6.86. The van der Waals surface area contributed by atoms with E-state index in [9.17, 15) is 4.79 Å². The van der Waals surface area contributed by atoms with Gasteiger partial charge in [-0.15, -0.1) is 10.2 Å². The van der Waals surface area contributed by atoms with Gasteiger partial charge in [-0.25, -0.2) is 0 Å². The summed E-state index contributed by atoms with van der Waals surface area (Å²) in [6.45, 7) is 6.54. The Morgan fingerprint density at radius 2 is 1.91 bits per heavy atom. The molecule has 0 aliphatic carbocycles. The SMILES string of the molecule is CC(C)(C)C(=O)Nc1ccc(N2CCCc3ccccc32)nn1. The molecule has 0 unspecified atom stereocenters. The number of carbonyl (C=O) groups excluding carboxylic acids is 1. The zero-order chi connectivity index (χ0) is 16.4. The maximum Gasteiger partial charge on any atom is 0.230 e. The van der Waals surface area contributed by atoms with Gasteiger partial charge in [-0.2, -0.15) is 0 Å². The van der Waals surface area contributed by atoms with E-state index in [-0.39, 0.29) is 5.91 Å². The van der Waals surface area contributed by atoms with Crippen LogP contribution in [-0.2, 0) is 11.2 Å². The topological polar surface area (TPSA) is 58.1 Å². The summed E-state index contributed by atoms with van der Waals surface area (Å²) in [7, 11) is 0. The smallest absolute Gasteiger partial charge is 0.230 e. The summed E-state index contributed by atoms with van der Waals surface area (Å²) in [5.41, 5.74) is 2.08. The average Bonchev–Trinajstić information content (AvgIpc) is 2.54. The first-order valence-corrected chi connectivity index (χ1v) is 7.96. The second kappa shape index (κ2) is 5.99. The Morgan fingerprint density at radius 3 is 2.61 bits per heavy atom. The van der Waals surface area contributed by atoms with Gasteiger partial charge in [-0.3, -0.25) is 4.79 Å². The normalized spacial score (nSPS) is 14.3. The Morgan fingerprint density at radius 1 is 1.13 bits per heavy atom. The number of carbonyl (C=O) groups is 1. The number of amides is 1. The first-order valence-electron chi connectivity index (χ1n) is 7.96. The highest BCUT2D eigenvalue weighted by atomic mass is 16.2. The third-order valence-electron chi connectivity index (χ3n) is 3.96. The van der Waals surface area contributed by atoms with Crippen LogP contribution in [0.3, 0.4) is 0 Å². The maximum absolute atomic E-state index is 12.0. The lowest BCUT2D eigenvalue weighted by molar-refractivity contribution is -0.123. The largest absolute Gasteiger partial charge is 0.325 e. The van der Waals surface area contributed by atoms with Crippen molar-refractivity contribution in [2.75, 3.05) is 16.8 Å². The highest BCUT2D eigenvalue weighted by Gasteiger charge is 2.22. The molecule has 3 rings (SSSR count). The molecule has 1 aromatic carbocycles. The van der Waals surface area contributed by atoms with Gasteiger partial charge in [0.2, 0.25) is 5.91 Å². The summed E-state index contributed by atoms with van der Waals surface area (Å²) in [4.78, 5) is 14.2. The molecule has 5 heteroatoms. The molecule has 120 valence electrons. The molecular formula is C18H22N4O. The number of nitrogens with one attached hydrogen (secondary N) is 1. The van der Waals surface area contributed by atoms with E-state index < -0.39 is 5.41 Å². The molecule has 23 heavy (non-hydrogen) atoms. The molecule has 5 nitrogen and oxygen atoms in total. The van der Waals surface area contributed by atoms with Crippen LogP contribution < -0.4 is 10.2 Å². The van der Waals surface area contributed by atoms with Gasteiger partial charge in [0, 0.05) is 17.6 Å². The van der Waals surface area contributed by atoms with Crippen LogP contribution in [0.25, 0.3) is 0 Å². The predicted octanol–water partition coefficient (Wildman–Crippen LogP) is 3.55. The molecule has 0 saturated carbocycles. The lowest BCUT2D eigenvalue weighted by Gasteiger charge is -2.30. The molecule has 1 aliphatic rings. The zero-order valence-corrected chi connectivity index (χ0v) is 13.8. The van der Waals surface area contributed by atoms with Gasteiger partial charge >= 0.3 is 0 Å². The standard InChI is InChI=1S/C18H22N4O/c1-18(2,3)17(23)19-15-10-11-16(21-20-15)22-12-6-8-13-7-4-5-9-14(13)22/h4-5,7,9-11H,6,8,12H2,1-3H3,(H,19,20,23). The van der Waals surface area contributed by atoms with Gasteiger partial charge in [0.05, 0.1) is 0 Å². The summed E-state index contributed by atoms with van der Waals surface area (Å²) < 4.78 is 0.